The molecule has 0 spiro atoms. The fraction of sp³-hybridized carbons (Fsp3) is 0.933. The van der Waals surface area contributed by atoms with Crippen molar-refractivity contribution in [2.45, 2.75) is 41.0 Å². The maximum Gasteiger partial charge on any atom is 0.225 e. The number of fused-ring (bicyclic) bond motifs is 1. The Morgan fingerprint density at radius 3 is 2.29 bits per heavy atom. The molecule has 98 valence electrons. The number of hydrogen-bond acceptors (Lipinski definition) is 1. The van der Waals surface area contributed by atoms with Gasteiger partial charge in [0.15, 0.2) is 0 Å². The van der Waals surface area contributed by atoms with E-state index in [0.717, 1.165) is 42.7 Å². The van der Waals surface area contributed by atoms with Crippen LogP contribution in [-0.2, 0) is 4.79 Å². The molecule has 1 amide bonds. The molecule has 2 aliphatic rings. The van der Waals surface area contributed by atoms with Gasteiger partial charge in [0.2, 0.25) is 5.91 Å². The highest BCUT2D eigenvalue weighted by Gasteiger charge is 2.47. The number of carbonyl (C=O) groups excluding carboxylic acids is 1. The SMILES string of the molecule is CC(C)C(=O)N1CC2CC(C(C)C)C(C)C2C1. The lowest BCUT2D eigenvalue weighted by Gasteiger charge is -2.26. The first-order chi connectivity index (χ1) is 7.91. The molecule has 0 bridgehead atoms. The summed E-state index contributed by atoms with van der Waals surface area (Å²) in [7, 11) is 0. The largest absolute Gasteiger partial charge is 0.342 e. The van der Waals surface area contributed by atoms with E-state index in [1.165, 1.54) is 6.42 Å². The highest BCUT2D eigenvalue weighted by Crippen LogP contribution is 2.48. The lowest BCUT2D eigenvalue weighted by Crippen LogP contribution is -2.34. The van der Waals surface area contributed by atoms with Crippen molar-refractivity contribution in [2.24, 2.45) is 35.5 Å². The van der Waals surface area contributed by atoms with Crippen molar-refractivity contribution in [3.63, 3.8) is 0 Å². The number of hydrogen-bond donors (Lipinski definition) is 0. The van der Waals surface area contributed by atoms with Crippen molar-refractivity contribution in [2.75, 3.05) is 13.1 Å². The van der Waals surface area contributed by atoms with E-state index in [9.17, 15) is 4.79 Å². The molecule has 0 aromatic carbocycles. The van der Waals surface area contributed by atoms with Crippen LogP contribution < -0.4 is 0 Å². The molecule has 1 aliphatic carbocycles. The minimum absolute atomic E-state index is 0.157. The summed E-state index contributed by atoms with van der Waals surface area (Å²) in [5.74, 6) is 4.53. The average molecular weight is 237 g/mol. The van der Waals surface area contributed by atoms with E-state index in [4.69, 9.17) is 0 Å². The molecular weight excluding hydrogens is 210 g/mol. The van der Waals surface area contributed by atoms with Crippen molar-refractivity contribution in [3.8, 4) is 0 Å². The second-order valence-electron chi connectivity index (χ2n) is 6.82. The summed E-state index contributed by atoms with van der Waals surface area (Å²) in [6.07, 6.45) is 1.34. The summed E-state index contributed by atoms with van der Waals surface area (Å²) >= 11 is 0. The Kier molecular flexibility index (Phi) is 3.51. The first-order valence-corrected chi connectivity index (χ1v) is 7.20. The molecule has 2 nitrogen and oxygen atoms in total. The highest BCUT2D eigenvalue weighted by molar-refractivity contribution is 5.78. The van der Waals surface area contributed by atoms with Gasteiger partial charge in [0.1, 0.15) is 0 Å². The number of likely N-dealkylation sites (tertiary alicyclic amines) is 1. The van der Waals surface area contributed by atoms with Gasteiger partial charge < -0.3 is 4.90 Å². The molecule has 4 unspecified atom stereocenters. The van der Waals surface area contributed by atoms with Gasteiger partial charge in [-0.3, -0.25) is 4.79 Å². The third kappa shape index (κ3) is 2.23. The molecule has 17 heavy (non-hydrogen) atoms. The second-order valence-corrected chi connectivity index (χ2v) is 6.82. The van der Waals surface area contributed by atoms with Crippen LogP contribution in [0.3, 0.4) is 0 Å². The van der Waals surface area contributed by atoms with Gasteiger partial charge in [-0.25, -0.2) is 0 Å². The standard InChI is InChI=1S/C15H27NO/c1-9(2)13-6-12-7-16(15(17)10(3)4)8-14(12)11(13)5/h9-14H,6-8H2,1-5H3. The third-order valence-corrected chi connectivity index (χ3v) is 5.08. The zero-order valence-corrected chi connectivity index (χ0v) is 11.9. The Hall–Kier alpha value is -0.530. The van der Waals surface area contributed by atoms with Gasteiger partial charge in [0, 0.05) is 19.0 Å². The Balaban J connectivity index is 2.00. The van der Waals surface area contributed by atoms with E-state index in [1.807, 2.05) is 13.8 Å². The van der Waals surface area contributed by atoms with Gasteiger partial charge >= 0.3 is 0 Å². The van der Waals surface area contributed by atoms with Crippen LogP contribution in [-0.4, -0.2) is 23.9 Å². The Morgan fingerprint density at radius 1 is 1.18 bits per heavy atom. The van der Waals surface area contributed by atoms with Crippen LogP contribution >= 0.6 is 0 Å². The van der Waals surface area contributed by atoms with Gasteiger partial charge in [-0.2, -0.15) is 0 Å². The summed E-state index contributed by atoms with van der Waals surface area (Å²) in [5.41, 5.74) is 0. The summed E-state index contributed by atoms with van der Waals surface area (Å²) in [6, 6.07) is 0. The van der Waals surface area contributed by atoms with Gasteiger partial charge in [0.25, 0.3) is 0 Å². The van der Waals surface area contributed by atoms with Crippen molar-refractivity contribution in [1.82, 2.24) is 4.90 Å². The second kappa shape index (κ2) is 4.62. The van der Waals surface area contributed by atoms with Crippen LogP contribution in [0.2, 0.25) is 0 Å². The molecule has 0 aromatic rings. The maximum atomic E-state index is 12.0. The Morgan fingerprint density at radius 2 is 1.82 bits per heavy atom. The van der Waals surface area contributed by atoms with Gasteiger partial charge in [-0.15, -0.1) is 0 Å². The van der Waals surface area contributed by atoms with Crippen molar-refractivity contribution < 1.29 is 4.79 Å². The normalized spacial score (nSPS) is 37.0. The fourth-order valence-corrected chi connectivity index (χ4v) is 4.05. The van der Waals surface area contributed by atoms with Crippen LogP contribution in [0.25, 0.3) is 0 Å². The molecule has 0 radical (unpaired) electrons. The quantitative estimate of drug-likeness (QED) is 0.723. The van der Waals surface area contributed by atoms with E-state index in [-0.39, 0.29) is 5.92 Å². The summed E-state index contributed by atoms with van der Waals surface area (Å²) in [4.78, 5) is 14.1. The van der Waals surface area contributed by atoms with E-state index in [1.54, 1.807) is 0 Å². The summed E-state index contributed by atoms with van der Waals surface area (Å²) in [6.45, 7) is 13.2. The molecule has 4 atom stereocenters. The zero-order valence-electron chi connectivity index (χ0n) is 11.9. The van der Waals surface area contributed by atoms with Crippen LogP contribution in [0, 0.1) is 35.5 Å². The number of carbonyl (C=O) groups is 1. The van der Waals surface area contributed by atoms with Gasteiger partial charge in [-0.05, 0) is 36.0 Å². The van der Waals surface area contributed by atoms with Gasteiger partial charge in [0.05, 0.1) is 0 Å². The van der Waals surface area contributed by atoms with Crippen LogP contribution in [0.1, 0.15) is 41.0 Å². The Labute approximate surface area is 106 Å². The fourth-order valence-electron chi connectivity index (χ4n) is 4.05. The van der Waals surface area contributed by atoms with Crippen LogP contribution in [0.5, 0.6) is 0 Å². The molecule has 1 heterocycles. The highest BCUT2D eigenvalue weighted by atomic mass is 16.2. The van der Waals surface area contributed by atoms with E-state index < -0.39 is 0 Å². The lowest BCUT2D eigenvalue weighted by molar-refractivity contribution is -0.133. The van der Waals surface area contributed by atoms with Crippen LogP contribution in [0.4, 0.5) is 0 Å². The molecule has 0 aromatic heterocycles. The topological polar surface area (TPSA) is 20.3 Å². The molecule has 1 saturated heterocycles. The molecule has 2 rings (SSSR count). The molecule has 0 N–H and O–H groups in total. The first-order valence-electron chi connectivity index (χ1n) is 7.20. The third-order valence-electron chi connectivity index (χ3n) is 5.08. The van der Waals surface area contributed by atoms with Crippen molar-refractivity contribution in [3.05, 3.63) is 0 Å². The molecule has 2 heteroatoms. The smallest absolute Gasteiger partial charge is 0.225 e. The van der Waals surface area contributed by atoms with Crippen LogP contribution in [0.15, 0.2) is 0 Å². The zero-order chi connectivity index (χ0) is 12.7. The van der Waals surface area contributed by atoms with E-state index in [0.29, 0.717) is 5.91 Å². The minimum Gasteiger partial charge on any atom is -0.342 e. The number of rotatable bonds is 2. The molecule has 1 saturated carbocycles. The van der Waals surface area contributed by atoms with Crippen molar-refractivity contribution >= 4 is 5.91 Å². The van der Waals surface area contributed by atoms with Crippen molar-refractivity contribution in [1.29, 1.82) is 0 Å². The number of amides is 1. The van der Waals surface area contributed by atoms with E-state index in [2.05, 4.69) is 25.7 Å². The summed E-state index contributed by atoms with van der Waals surface area (Å²) < 4.78 is 0. The van der Waals surface area contributed by atoms with E-state index >= 15 is 0 Å². The first kappa shape index (κ1) is 12.9. The monoisotopic (exact) mass is 237 g/mol. The minimum atomic E-state index is 0.157. The van der Waals surface area contributed by atoms with Gasteiger partial charge in [-0.1, -0.05) is 34.6 Å². The predicted molar refractivity (Wildman–Crippen MR) is 70.5 cm³/mol. The maximum absolute atomic E-state index is 12.0. The Bertz CT molecular complexity index is 297. The lowest BCUT2D eigenvalue weighted by atomic mass is 9.84. The average Bonchev–Trinajstić information content (AvgIpc) is 2.77. The summed E-state index contributed by atoms with van der Waals surface area (Å²) in [5, 5.41) is 0. The molecule has 2 fully saturated rings. The predicted octanol–water partition coefficient (Wildman–Crippen LogP) is 3.03. The molecular formula is C15H27NO. The number of nitrogens with zero attached hydrogens (tertiary/aromatic N) is 1. The molecule has 1 aliphatic heterocycles.